The third kappa shape index (κ3) is 4.84. The standard InChI is InChI=1S/C17H21ClN2O4S/c1-11(2)19-25(22,23)14-7-8-16(18)15(9-14)17(21)20(4)10-13-6-5-12(3)24-13/h5-9,11,19H,10H2,1-4H3. The van der Waals surface area contributed by atoms with Crippen molar-refractivity contribution >= 4 is 27.5 Å². The average Bonchev–Trinajstić information content (AvgIpc) is 2.90. The molecule has 2 rings (SSSR count). The van der Waals surface area contributed by atoms with E-state index in [2.05, 4.69) is 4.72 Å². The number of sulfonamides is 1. The van der Waals surface area contributed by atoms with Gasteiger partial charge in [0.2, 0.25) is 10.0 Å². The minimum atomic E-state index is -3.71. The summed E-state index contributed by atoms with van der Waals surface area (Å²) in [5.74, 6) is 0.997. The Morgan fingerprint density at radius 2 is 1.96 bits per heavy atom. The van der Waals surface area contributed by atoms with Crippen molar-refractivity contribution in [2.24, 2.45) is 0 Å². The fourth-order valence-corrected chi connectivity index (χ4v) is 3.77. The highest BCUT2D eigenvalue weighted by Crippen LogP contribution is 2.23. The number of nitrogens with zero attached hydrogens (tertiary/aromatic N) is 1. The van der Waals surface area contributed by atoms with Crippen LogP contribution in [0.5, 0.6) is 0 Å². The van der Waals surface area contributed by atoms with Crippen LogP contribution < -0.4 is 4.72 Å². The highest BCUT2D eigenvalue weighted by molar-refractivity contribution is 7.89. The summed E-state index contributed by atoms with van der Waals surface area (Å²) in [5, 5.41) is 0.191. The largest absolute Gasteiger partial charge is 0.464 e. The number of halogens is 1. The van der Waals surface area contributed by atoms with Crippen molar-refractivity contribution in [3.63, 3.8) is 0 Å². The number of hydrogen-bond acceptors (Lipinski definition) is 4. The summed E-state index contributed by atoms with van der Waals surface area (Å²) >= 11 is 6.11. The van der Waals surface area contributed by atoms with E-state index in [4.69, 9.17) is 16.0 Å². The number of rotatable bonds is 6. The molecular formula is C17H21ClN2O4S. The molecule has 1 heterocycles. The molecule has 1 aromatic heterocycles. The molecule has 0 saturated heterocycles. The fourth-order valence-electron chi connectivity index (χ4n) is 2.30. The van der Waals surface area contributed by atoms with Gasteiger partial charge in [-0.05, 0) is 51.1 Å². The van der Waals surface area contributed by atoms with E-state index in [0.717, 1.165) is 5.76 Å². The lowest BCUT2D eigenvalue weighted by atomic mass is 10.2. The highest BCUT2D eigenvalue weighted by atomic mass is 35.5. The zero-order chi connectivity index (χ0) is 18.8. The predicted octanol–water partition coefficient (Wildman–Crippen LogP) is 3.20. The van der Waals surface area contributed by atoms with E-state index >= 15 is 0 Å². The first-order chi connectivity index (χ1) is 11.6. The van der Waals surface area contributed by atoms with Crippen LogP contribution in [-0.4, -0.2) is 32.3 Å². The van der Waals surface area contributed by atoms with E-state index in [1.807, 2.05) is 13.0 Å². The molecule has 0 aliphatic heterocycles. The van der Waals surface area contributed by atoms with E-state index in [1.54, 1.807) is 27.0 Å². The minimum Gasteiger partial charge on any atom is -0.464 e. The van der Waals surface area contributed by atoms with Gasteiger partial charge in [0.25, 0.3) is 5.91 Å². The van der Waals surface area contributed by atoms with Crippen LogP contribution in [-0.2, 0) is 16.6 Å². The predicted molar refractivity (Wildman–Crippen MR) is 96.2 cm³/mol. The average molecular weight is 385 g/mol. The van der Waals surface area contributed by atoms with E-state index in [-0.39, 0.29) is 34.0 Å². The first kappa shape index (κ1) is 19.5. The van der Waals surface area contributed by atoms with Crippen LogP contribution in [0, 0.1) is 6.92 Å². The molecule has 0 aliphatic carbocycles. The van der Waals surface area contributed by atoms with Gasteiger partial charge >= 0.3 is 0 Å². The molecule has 1 N–H and O–H groups in total. The molecule has 6 nitrogen and oxygen atoms in total. The molecule has 25 heavy (non-hydrogen) atoms. The maximum atomic E-state index is 12.7. The second-order valence-corrected chi connectivity index (χ2v) is 8.21. The van der Waals surface area contributed by atoms with Gasteiger partial charge in [-0.2, -0.15) is 0 Å². The van der Waals surface area contributed by atoms with Crippen LogP contribution in [0.4, 0.5) is 0 Å². The third-order valence-corrected chi connectivity index (χ3v) is 5.39. The molecular weight excluding hydrogens is 364 g/mol. The number of aryl methyl sites for hydroxylation is 1. The second-order valence-electron chi connectivity index (χ2n) is 6.09. The van der Waals surface area contributed by atoms with Gasteiger partial charge in [0, 0.05) is 13.1 Å². The molecule has 0 saturated carbocycles. The lowest BCUT2D eigenvalue weighted by Crippen LogP contribution is -2.31. The Kier molecular flexibility index (Phi) is 5.92. The number of furan rings is 1. The first-order valence-electron chi connectivity index (χ1n) is 7.73. The van der Waals surface area contributed by atoms with Gasteiger partial charge in [0.05, 0.1) is 22.0 Å². The van der Waals surface area contributed by atoms with Gasteiger partial charge in [0.1, 0.15) is 11.5 Å². The second kappa shape index (κ2) is 7.59. The number of carbonyl (C=O) groups is 1. The van der Waals surface area contributed by atoms with Crippen molar-refractivity contribution in [1.82, 2.24) is 9.62 Å². The lowest BCUT2D eigenvalue weighted by molar-refractivity contribution is 0.0775. The third-order valence-electron chi connectivity index (χ3n) is 3.41. The summed E-state index contributed by atoms with van der Waals surface area (Å²) in [5.41, 5.74) is 0.124. The van der Waals surface area contributed by atoms with E-state index in [0.29, 0.717) is 5.76 Å². The summed E-state index contributed by atoms with van der Waals surface area (Å²) in [6, 6.07) is 7.41. The van der Waals surface area contributed by atoms with Crippen LogP contribution >= 0.6 is 11.6 Å². The SMILES string of the molecule is Cc1ccc(CN(C)C(=O)c2cc(S(=O)(=O)NC(C)C)ccc2Cl)o1. The van der Waals surface area contributed by atoms with E-state index in [9.17, 15) is 13.2 Å². The van der Waals surface area contributed by atoms with Gasteiger partial charge in [-0.1, -0.05) is 11.6 Å². The Morgan fingerprint density at radius 3 is 2.52 bits per heavy atom. The molecule has 1 aromatic carbocycles. The quantitative estimate of drug-likeness (QED) is 0.829. The van der Waals surface area contributed by atoms with Gasteiger partial charge in [-0.25, -0.2) is 13.1 Å². The molecule has 0 unspecified atom stereocenters. The smallest absolute Gasteiger partial charge is 0.255 e. The molecule has 0 bridgehead atoms. The van der Waals surface area contributed by atoms with E-state index < -0.39 is 10.0 Å². The van der Waals surface area contributed by atoms with Crippen molar-refractivity contribution < 1.29 is 17.6 Å². The normalized spacial score (nSPS) is 11.8. The van der Waals surface area contributed by atoms with Crippen LogP contribution in [0.3, 0.4) is 0 Å². The Bertz CT molecular complexity index is 875. The topological polar surface area (TPSA) is 79.6 Å². The summed E-state index contributed by atoms with van der Waals surface area (Å²) in [6.07, 6.45) is 0. The number of benzene rings is 1. The maximum absolute atomic E-state index is 12.7. The fraction of sp³-hybridized carbons (Fsp3) is 0.353. The van der Waals surface area contributed by atoms with Gasteiger partial charge in [0.15, 0.2) is 0 Å². The van der Waals surface area contributed by atoms with Crippen molar-refractivity contribution in [3.05, 3.63) is 52.4 Å². The summed E-state index contributed by atoms with van der Waals surface area (Å²) in [7, 11) is -2.11. The van der Waals surface area contributed by atoms with Crippen molar-refractivity contribution in [1.29, 1.82) is 0 Å². The molecule has 0 spiro atoms. The highest BCUT2D eigenvalue weighted by Gasteiger charge is 2.22. The molecule has 0 radical (unpaired) electrons. The van der Waals surface area contributed by atoms with Crippen LogP contribution in [0.2, 0.25) is 5.02 Å². The van der Waals surface area contributed by atoms with Crippen molar-refractivity contribution in [2.45, 2.75) is 38.3 Å². The molecule has 8 heteroatoms. The number of carbonyl (C=O) groups excluding carboxylic acids is 1. The molecule has 136 valence electrons. The molecule has 0 aliphatic rings. The molecule has 2 aromatic rings. The Labute approximate surface area is 152 Å². The molecule has 1 amide bonds. The van der Waals surface area contributed by atoms with Crippen molar-refractivity contribution in [3.8, 4) is 0 Å². The lowest BCUT2D eigenvalue weighted by Gasteiger charge is -2.17. The summed E-state index contributed by atoms with van der Waals surface area (Å²) < 4.78 is 32.5. The van der Waals surface area contributed by atoms with Crippen LogP contribution in [0.25, 0.3) is 0 Å². The zero-order valence-corrected chi connectivity index (χ0v) is 16.1. The molecule has 0 atom stereocenters. The van der Waals surface area contributed by atoms with Crippen LogP contribution in [0.1, 0.15) is 35.7 Å². The summed E-state index contributed by atoms with van der Waals surface area (Å²) in [4.78, 5) is 14.1. The van der Waals surface area contributed by atoms with Gasteiger partial charge < -0.3 is 9.32 Å². The zero-order valence-electron chi connectivity index (χ0n) is 14.5. The number of amides is 1. The summed E-state index contributed by atoms with van der Waals surface area (Å²) in [6.45, 7) is 5.51. The Morgan fingerprint density at radius 1 is 1.28 bits per heavy atom. The van der Waals surface area contributed by atoms with Crippen molar-refractivity contribution in [2.75, 3.05) is 7.05 Å². The monoisotopic (exact) mass is 384 g/mol. The van der Waals surface area contributed by atoms with Crippen LogP contribution in [0.15, 0.2) is 39.6 Å². The first-order valence-corrected chi connectivity index (χ1v) is 9.59. The Hall–Kier alpha value is -1.83. The minimum absolute atomic E-state index is 0.00352. The molecule has 0 fully saturated rings. The van der Waals surface area contributed by atoms with Gasteiger partial charge in [-0.15, -0.1) is 0 Å². The Balaban J connectivity index is 2.28. The van der Waals surface area contributed by atoms with Gasteiger partial charge in [-0.3, -0.25) is 4.79 Å². The van der Waals surface area contributed by atoms with E-state index in [1.165, 1.54) is 23.1 Å². The number of nitrogens with one attached hydrogen (secondary N) is 1. The number of hydrogen-bond donors (Lipinski definition) is 1. The maximum Gasteiger partial charge on any atom is 0.255 e.